The number of anilines is 1. The van der Waals surface area contributed by atoms with Gasteiger partial charge in [-0.2, -0.15) is 8.78 Å². The zero-order valence-corrected chi connectivity index (χ0v) is 15.4. The lowest BCUT2D eigenvalue weighted by atomic mass is 10.2. The third-order valence-corrected chi connectivity index (χ3v) is 4.10. The molecule has 2 aromatic heterocycles. The van der Waals surface area contributed by atoms with Gasteiger partial charge in [0.25, 0.3) is 11.6 Å². The van der Waals surface area contributed by atoms with Crippen molar-refractivity contribution in [3.8, 4) is 11.6 Å². The molecule has 3 heterocycles. The Labute approximate surface area is 155 Å². The first-order valence-electron chi connectivity index (χ1n) is 7.88. The highest BCUT2D eigenvalue weighted by Gasteiger charge is 2.33. The van der Waals surface area contributed by atoms with Gasteiger partial charge in [0.05, 0.1) is 18.4 Å². The van der Waals surface area contributed by atoms with Gasteiger partial charge in [0, 0.05) is 5.70 Å². The topological polar surface area (TPSA) is 119 Å². The number of nitrogens with zero attached hydrogens (tertiary/aromatic N) is 3. The maximum absolute atomic E-state index is 13.4. The molecule has 0 saturated carbocycles. The van der Waals surface area contributed by atoms with Gasteiger partial charge in [0.2, 0.25) is 5.89 Å². The maximum Gasteiger partial charge on any atom is 0.282 e. The molecule has 0 fully saturated rings. The first-order chi connectivity index (χ1) is 12.8. The van der Waals surface area contributed by atoms with E-state index in [-0.39, 0.29) is 23.9 Å². The van der Waals surface area contributed by atoms with Crippen molar-refractivity contribution >= 4 is 21.0 Å². The second-order valence-electron chi connectivity index (χ2n) is 5.78. The number of amides is 1. The Hall–Kier alpha value is -2.87. The summed E-state index contributed by atoms with van der Waals surface area (Å²) in [5.74, 6) is -0.425. The molecular weight excluding hydrogens is 377 g/mol. The van der Waals surface area contributed by atoms with Gasteiger partial charge in [-0.25, -0.2) is 15.0 Å². The lowest BCUT2D eigenvalue weighted by Gasteiger charge is -2.26. The molecule has 3 rings (SSSR count). The predicted molar refractivity (Wildman–Crippen MR) is 97.8 cm³/mol. The molecule has 0 saturated heterocycles. The number of halogens is 2. The number of alkyl halides is 2. The first-order valence-corrected chi connectivity index (χ1v) is 8.46. The first kappa shape index (κ1) is 18.9. The minimum absolute atomic E-state index is 0.00206. The number of dihydropyridines is 1. The molecule has 1 aliphatic heterocycles. The Morgan fingerprint density at radius 3 is 2.93 bits per heavy atom. The molecule has 0 aliphatic carbocycles. The van der Waals surface area contributed by atoms with Crippen LogP contribution in [0.5, 0.6) is 0 Å². The molecule has 11 heteroatoms. The van der Waals surface area contributed by atoms with E-state index < -0.39 is 17.6 Å². The number of nitrogens with one attached hydrogen (secondary N) is 2. The van der Waals surface area contributed by atoms with Gasteiger partial charge in [-0.15, -0.1) is 0 Å². The van der Waals surface area contributed by atoms with Crippen molar-refractivity contribution in [1.82, 2.24) is 25.6 Å². The Morgan fingerprint density at radius 2 is 2.26 bits per heavy atom. The number of aryl methyl sites for hydroxylation is 1. The predicted octanol–water partition coefficient (Wildman–Crippen LogP) is 1.63. The van der Waals surface area contributed by atoms with Crippen LogP contribution in [-0.2, 0) is 0 Å². The largest absolute Gasteiger partial charge is 0.443 e. The fourth-order valence-electron chi connectivity index (χ4n) is 2.41. The standard InChI is InChI=1S/C16H17F2N6O2P/c1-8-11(15-20-5-6-26-15)24-13(19)12(22-8)14(25)21-7-9-3-2-4-10(23-9)16(17,18)27/h2-6,10,23H,7,27H2,1H3,(H2,19,24)(H,21,25). The second kappa shape index (κ2) is 7.40. The molecule has 2 unspecified atom stereocenters. The lowest BCUT2D eigenvalue weighted by Crippen LogP contribution is -2.43. The van der Waals surface area contributed by atoms with E-state index >= 15 is 0 Å². The molecule has 0 radical (unpaired) electrons. The van der Waals surface area contributed by atoms with Gasteiger partial charge in [0.15, 0.2) is 11.5 Å². The van der Waals surface area contributed by atoms with E-state index in [2.05, 4.69) is 25.6 Å². The summed E-state index contributed by atoms with van der Waals surface area (Å²) in [4.78, 5) is 24.7. The quantitative estimate of drug-likeness (QED) is 0.660. The number of aromatic nitrogens is 3. The summed E-state index contributed by atoms with van der Waals surface area (Å²) in [7, 11) is 1.49. The van der Waals surface area contributed by atoms with Crippen LogP contribution in [0.4, 0.5) is 14.6 Å². The molecule has 0 bridgehead atoms. The van der Waals surface area contributed by atoms with Crippen LogP contribution in [-0.4, -0.2) is 39.1 Å². The van der Waals surface area contributed by atoms with Crippen molar-refractivity contribution in [1.29, 1.82) is 0 Å². The highest BCUT2D eigenvalue weighted by atomic mass is 31.0. The second-order valence-corrected chi connectivity index (χ2v) is 6.55. The number of nitrogen functional groups attached to an aromatic ring is 1. The van der Waals surface area contributed by atoms with Crippen LogP contribution in [0.2, 0.25) is 0 Å². The monoisotopic (exact) mass is 394 g/mol. The number of allylic oxidation sites excluding steroid dienone is 2. The summed E-state index contributed by atoms with van der Waals surface area (Å²) in [6.45, 7) is 1.65. The van der Waals surface area contributed by atoms with Crippen molar-refractivity contribution < 1.29 is 18.0 Å². The van der Waals surface area contributed by atoms with E-state index in [1.165, 1.54) is 33.9 Å². The van der Waals surface area contributed by atoms with Gasteiger partial charge < -0.3 is 20.8 Å². The molecule has 2 atom stereocenters. The van der Waals surface area contributed by atoms with Crippen molar-refractivity contribution in [3.05, 3.63) is 47.8 Å². The van der Waals surface area contributed by atoms with E-state index in [1.54, 1.807) is 13.0 Å². The van der Waals surface area contributed by atoms with Crippen LogP contribution in [0.3, 0.4) is 0 Å². The van der Waals surface area contributed by atoms with Gasteiger partial charge in [-0.1, -0.05) is 21.4 Å². The van der Waals surface area contributed by atoms with Crippen LogP contribution in [0.1, 0.15) is 16.2 Å². The van der Waals surface area contributed by atoms with Crippen LogP contribution in [0.25, 0.3) is 11.6 Å². The molecule has 27 heavy (non-hydrogen) atoms. The number of carbonyl (C=O) groups excluding carboxylic acids is 1. The van der Waals surface area contributed by atoms with Crippen LogP contribution >= 0.6 is 9.24 Å². The molecule has 142 valence electrons. The average Bonchev–Trinajstić information content (AvgIpc) is 3.15. The Morgan fingerprint density at radius 1 is 1.48 bits per heavy atom. The number of hydrogen-bond donors (Lipinski definition) is 3. The Balaban J connectivity index is 1.69. The fraction of sp³-hybridized carbons (Fsp3) is 0.250. The molecule has 4 N–H and O–H groups in total. The van der Waals surface area contributed by atoms with E-state index in [0.29, 0.717) is 17.1 Å². The molecule has 1 amide bonds. The molecular formula is C16H17F2N6O2P. The summed E-state index contributed by atoms with van der Waals surface area (Å²) >= 11 is 0. The SMILES string of the molecule is Cc1nc(C(=O)NCC2=CC=CC(C(F)(F)P)N2)c(N)nc1-c1ncco1. The van der Waals surface area contributed by atoms with Crippen molar-refractivity contribution in [2.45, 2.75) is 18.6 Å². The number of nitrogens with two attached hydrogens (primary N) is 1. The highest BCUT2D eigenvalue weighted by Crippen LogP contribution is 2.29. The van der Waals surface area contributed by atoms with Gasteiger partial charge in [-0.05, 0) is 13.0 Å². The Kier molecular flexibility index (Phi) is 5.18. The van der Waals surface area contributed by atoms with Gasteiger partial charge in [-0.3, -0.25) is 4.79 Å². The highest BCUT2D eigenvalue weighted by molar-refractivity contribution is 7.18. The van der Waals surface area contributed by atoms with E-state index in [9.17, 15) is 13.6 Å². The number of hydrogen-bond acceptors (Lipinski definition) is 7. The number of rotatable bonds is 5. The minimum Gasteiger partial charge on any atom is -0.443 e. The van der Waals surface area contributed by atoms with E-state index in [1.807, 2.05) is 0 Å². The summed E-state index contributed by atoms with van der Waals surface area (Å²) in [6.07, 6.45) is 7.28. The maximum atomic E-state index is 13.4. The third-order valence-electron chi connectivity index (χ3n) is 3.74. The summed E-state index contributed by atoms with van der Waals surface area (Å²) in [5, 5.41) is 5.24. The van der Waals surface area contributed by atoms with E-state index in [4.69, 9.17) is 10.2 Å². The lowest BCUT2D eigenvalue weighted by molar-refractivity contribution is 0.0788. The number of carbonyl (C=O) groups is 1. The zero-order valence-electron chi connectivity index (χ0n) is 14.2. The van der Waals surface area contributed by atoms with Gasteiger partial charge >= 0.3 is 0 Å². The smallest absolute Gasteiger partial charge is 0.282 e. The van der Waals surface area contributed by atoms with Crippen LogP contribution < -0.4 is 16.4 Å². The average molecular weight is 394 g/mol. The van der Waals surface area contributed by atoms with Crippen molar-refractivity contribution in [2.24, 2.45) is 0 Å². The summed E-state index contributed by atoms with van der Waals surface area (Å²) in [6, 6.07) is -1.17. The van der Waals surface area contributed by atoms with Crippen LogP contribution in [0.15, 0.2) is 40.8 Å². The summed E-state index contributed by atoms with van der Waals surface area (Å²) in [5.41, 5.74) is 3.94. The minimum atomic E-state index is -3.01. The van der Waals surface area contributed by atoms with Crippen molar-refractivity contribution in [3.63, 3.8) is 0 Å². The summed E-state index contributed by atoms with van der Waals surface area (Å²) < 4.78 is 31.9. The molecule has 0 aromatic carbocycles. The van der Waals surface area contributed by atoms with Gasteiger partial charge in [0.1, 0.15) is 18.0 Å². The molecule has 8 nitrogen and oxygen atoms in total. The fourth-order valence-corrected chi connectivity index (χ4v) is 2.61. The molecule has 1 aliphatic rings. The number of oxazole rings is 1. The molecule has 0 spiro atoms. The Bertz CT molecular complexity index is 908. The third kappa shape index (κ3) is 4.28. The normalized spacial score (nSPS) is 16.6. The van der Waals surface area contributed by atoms with E-state index in [0.717, 1.165) is 0 Å². The van der Waals surface area contributed by atoms with Crippen LogP contribution in [0, 0.1) is 6.92 Å². The van der Waals surface area contributed by atoms with Crippen molar-refractivity contribution in [2.75, 3.05) is 12.3 Å². The molecule has 2 aromatic rings. The zero-order chi connectivity index (χ0) is 19.6.